The highest BCUT2D eigenvalue weighted by Crippen LogP contribution is 2.43. The van der Waals surface area contributed by atoms with Crippen LogP contribution in [0, 0.1) is 0 Å². The van der Waals surface area contributed by atoms with Gasteiger partial charge in [-0.2, -0.15) is 0 Å². The van der Waals surface area contributed by atoms with E-state index in [2.05, 4.69) is 62.5 Å². The molecule has 8 nitrogen and oxygen atoms in total. The number of hydrogen-bond donors (Lipinski definition) is 2. The summed E-state index contributed by atoms with van der Waals surface area (Å²) in [7, 11) is -4.28. The molecule has 322 valence electrons. The molecule has 0 aromatic heterocycles. The van der Waals surface area contributed by atoms with Gasteiger partial charge in [-0.25, -0.2) is 4.57 Å². The minimum absolute atomic E-state index is 0.0959. The second-order valence-corrected chi connectivity index (χ2v) is 16.4. The summed E-state index contributed by atoms with van der Waals surface area (Å²) in [6.45, 7) is 4.87. The minimum atomic E-state index is -4.28. The number of carbonyl (C=O) groups excluding carboxylic acids is 1. The van der Waals surface area contributed by atoms with Crippen LogP contribution in [0.15, 0.2) is 48.6 Å². The molecule has 0 aliphatic rings. The lowest BCUT2D eigenvalue weighted by Gasteiger charge is -2.20. The van der Waals surface area contributed by atoms with E-state index in [0.717, 1.165) is 64.2 Å². The molecular formula is C46H86NO7P. The number of phosphoric acid groups is 1. The quantitative estimate of drug-likeness (QED) is 0.0271. The first-order valence-electron chi connectivity index (χ1n) is 22.6. The van der Waals surface area contributed by atoms with E-state index in [1.165, 1.54) is 116 Å². The van der Waals surface area contributed by atoms with Gasteiger partial charge in [0.2, 0.25) is 0 Å². The molecule has 0 radical (unpaired) electrons. The van der Waals surface area contributed by atoms with Crippen LogP contribution in [0.4, 0.5) is 0 Å². The van der Waals surface area contributed by atoms with Crippen molar-refractivity contribution >= 4 is 13.8 Å². The summed E-state index contributed by atoms with van der Waals surface area (Å²) in [5.74, 6) is -0.343. The molecule has 0 aliphatic heterocycles. The van der Waals surface area contributed by atoms with Crippen LogP contribution in [-0.2, 0) is 27.9 Å². The number of hydrogen-bond acceptors (Lipinski definition) is 7. The van der Waals surface area contributed by atoms with Gasteiger partial charge in [-0.15, -0.1) is 0 Å². The van der Waals surface area contributed by atoms with E-state index in [1.807, 2.05) is 0 Å². The second-order valence-electron chi connectivity index (χ2n) is 14.9. The van der Waals surface area contributed by atoms with Crippen LogP contribution < -0.4 is 5.73 Å². The first-order valence-corrected chi connectivity index (χ1v) is 24.1. The number of esters is 1. The Morgan fingerprint density at radius 2 is 0.964 bits per heavy atom. The molecule has 3 N–H and O–H groups in total. The highest BCUT2D eigenvalue weighted by molar-refractivity contribution is 7.47. The topological polar surface area (TPSA) is 117 Å². The Balaban J connectivity index is 4.03. The molecule has 0 amide bonds. The molecule has 0 spiro atoms. The predicted octanol–water partition coefficient (Wildman–Crippen LogP) is 13.6. The van der Waals surface area contributed by atoms with Crippen LogP contribution in [0.3, 0.4) is 0 Å². The lowest BCUT2D eigenvalue weighted by atomic mass is 10.1. The second kappa shape index (κ2) is 43.6. The molecule has 0 saturated carbocycles. The first-order chi connectivity index (χ1) is 26.9. The largest absolute Gasteiger partial charge is 0.472 e. The summed E-state index contributed by atoms with van der Waals surface area (Å²) in [5, 5.41) is 0. The zero-order valence-corrected chi connectivity index (χ0v) is 36.6. The van der Waals surface area contributed by atoms with Gasteiger partial charge < -0.3 is 20.1 Å². The van der Waals surface area contributed by atoms with Gasteiger partial charge in [0.05, 0.1) is 19.8 Å². The van der Waals surface area contributed by atoms with Crippen molar-refractivity contribution in [3.05, 3.63) is 48.6 Å². The van der Waals surface area contributed by atoms with Gasteiger partial charge in [0.15, 0.2) is 0 Å². The summed E-state index contributed by atoms with van der Waals surface area (Å²) < 4.78 is 33.4. The van der Waals surface area contributed by atoms with Gasteiger partial charge in [0.25, 0.3) is 0 Å². The minimum Gasteiger partial charge on any atom is -0.457 e. The van der Waals surface area contributed by atoms with Gasteiger partial charge in [0, 0.05) is 19.6 Å². The number of carbonyl (C=O) groups is 1. The van der Waals surface area contributed by atoms with Crippen LogP contribution in [0.25, 0.3) is 0 Å². The molecular weight excluding hydrogens is 709 g/mol. The monoisotopic (exact) mass is 796 g/mol. The average molecular weight is 796 g/mol. The fraction of sp³-hybridized carbons (Fsp3) is 0.804. The Kier molecular flexibility index (Phi) is 42.4. The van der Waals surface area contributed by atoms with E-state index in [-0.39, 0.29) is 32.3 Å². The number of rotatable bonds is 43. The summed E-state index contributed by atoms with van der Waals surface area (Å²) in [6.07, 6.45) is 51.3. The Labute approximate surface area is 339 Å². The predicted molar refractivity (Wildman–Crippen MR) is 233 cm³/mol. The van der Waals surface area contributed by atoms with Gasteiger partial charge >= 0.3 is 13.8 Å². The van der Waals surface area contributed by atoms with Crippen molar-refractivity contribution in [2.45, 2.75) is 206 Å². The van der Waals surface area contributed by atoms with Crippen LogP contribution >= 0.6 is 7.82 Å². The molecule has 0 saturated heterocycles. The molecule has 2 atom stereocenters. The molecule has 0 aliphatic carbocycles. The number of nitrogens with two attached hydrogens (primary N) is 1. The molecule has 2 unspecified atom stereocenters. The van der Waals surface area contributed by atoms with Crippen molar-refractivity contribution in [2.24, 2.45) is 5.73 Å². The highest BCUT2D eigenvalue weighted by Gasteiger charge is 2.25. The summed E-state index contributed by atoms with van der Waals surface area (Å²) in [4.78, 5) is 22.5. The molecule has 0 rings (SSSR count). The van der Waals surface area contributed by atoms with E-state index in [9.17, 15) is 14.3 Å². The molecule has 9 heteroatoms. The third-order valence-electron chi connectivity index (χ3n) is 9.47. The van der Waals surface area contributed by atoms with Crippen molar-refractivity contribution in [2.75, 3.05) is 33.0 Å². The summed E-state index contributed by atoms with van der Waals surface area (Å²) >= 11 is 0. The zero-order valence-electron chi connectivity index (χ0n) is 35.7. The van der Waals surface area contributed by atoms with E-state index >= 15 is 0 Å². The fourth-order valence-electron chi connectivity index (χ4n) is 6.12. The fourth-order valence-corrected chi connectivity index (χ4v) is 6.88. The van der Waals surface area contributed by atoms with E-state index in [0.29, 0.717) is 13.0 Å². The molecule has 0 aromatic rings. The van der Waals surface area contributed by atoms with Crippen LogP contribution in [-0.4, -0.2) is 49.9 Å². The third kappa shape index (κ3) is 43.4. The molecule has 0 bridgehead atoms. The van der Waals surface area contributed by atoms with Crippen molar-refractivity contribution in [3.63, 3.8) is 0 Å². The van der Waals surface area contributed by atoms with Crippen molar-refractivity contribution in [3.8, 4) is 0 Å². The smallest absolute Gasteiger partial charge is 0.457 e. The first kappa shape index (κ1) is 53.5. The molecule has 55 heavy (non-hydrogen) atoms. The number of phosphoric ester groups is 1. The zero-order chi connectivity index (χ0) is 40.2. The van der Waals surface area contributed by atoms with E-state index in [1.54, 1.807) is 0 Å². The maximum atomic E-state index is 12.6. The van der Waals surface area contributed by atoms with Gasteiger partial charge in [0.1, 0.15) is 6.10 Å². The SMILES string of the molecule is CCCCCCC/C=C\C/C=C\C/C=C\CCCCCCCCCOCC(COP(=O)(O)OCCN)OC(=O)CCCCCCC/C=C\CCCCCCC. The Bertz CT molecular complexity index is 983. The van der Waals surface area contributed by atoms with Crippen molar-refractivity contribution in [1.29, 1.82) is 0 Å². The standard InChI is InChI=1S/C46H86NO7P/c1-3-5-7-9-11-13-15-17-19-20-21-22-23-24-25-26-28-30-32-34-36-38-41-51-43-45(44-53-55(49,50)52-42-40-47)54-46(48)39-37-35-33-31-29-27-18-16-14-12-10-8-6-4-2/h15-18,20-21,23-24,45H,3-14,19,22,25-44,47H2,1-2H3,(H,49,50)/b17-15-,18-16-,21-20-,24-23-. The van der Waals surface area contributed by atoms with E-state index in [4.69, 9.17) is 24.3 Å². The Hall–Kier alpha value is -1.54. The Morgan fingerprint density at radius 1 is 0.545 bits per heavy atom. The maximum absolute atomic E-state index is 12.6. The van der Waals surface area contributed by atoms with Crippen molar-refractivity contribution in [1.82, 2.24) is 0 Å². The van der Waals surface area contributed by atoms with Crippen molar-refractivity contribution < 1.29 is 32.8 Å². The lowest BCUT2D eigenvalue weighted by Crippen LogP contribution is -2.28. The maximum Gasteiger partial charge on any atom is 0.472 e. The summed E-state index contributed by atoms with van der Waals surface area (Å²) in [6, 6.07) is 0. The number of ether oxygens (including phenoxy) is 2. The summed E-state index contributed by atoms with van der Waals surface area (Å²) in [5.41, 5.74) is 5.37. The number of unbranched alkanes of at least 4 members (excludes halogenated alkanes) is 22. The Morgan fingerprint density at radius 3 is 1.45 bits per heavy atom. The molecule has 0 fully saturated rings. The number of allylic oxidation sites excluding steroid dienone is 8. The lowest BCUT2D eigenvalue weighted by molar-refractivity contribution is -0.154. The van der Waals surface area contributed by atoms with Gasteiger partial charge in [-0.3, -0.25) is 13.8 Å². The van der Waals surface area contributed by atoms with Gasteiger partial charge in [-0.05, 0) is 77.0 Å². The van der Waals surface area contributed by atoms with Crippen LogP contribution in [0.2, 0.25) is 0 Å². The van der Waals surface area contributed by atoms with Crippen LogP contribution in [0.5, 0.6) is 0 Å². The highest BCUT2D eigenvalue weighted by atomic mass is 31.2. The normalized spacial score (nSPS) is 13.9. The van der Waals surface area contributed by atoms with E-state index < -0.39 is 13.9 Å². The average Bonchev–Trinajstić information content (AvgIpc) is 3.17. The third-order valence-corrected chi connectivity index (χ3v) is 10.5. The van der Waals surface area contributed by atoms with Gasteiger partial charge in [-0.1, -0.05) is 165 Å². The molecule has 0 heterocycles. The van der Waals surface area contributed by atoms with Crippen LogP contribution in [0.1, 0.15) is 200 Å². The molecule has 0 aromatic carbocycles.